The normalized spacial score (nSPS) is 10.6. The van der Waals surface area contributed by atoms with Gasteiger partial charge in [0.05, 0.1) is 0 Å². The predicted molar refractivity (Wildman–Crippen MR) is 125 cm³/mol. The maximum atomic E-state index is 12.8. The maximum absolute atomic E-state index is 12.8. The van der Waals surface area contributed by atoms with Gasteiger partial charge in [0.25, 0.3) is 5.91 Å². The molecule has 0 aliphatic heterocycles. The summed E-state index contributed by atoms with van der Waals surface area (Å²) < 4.78 is 0. The molecule has 0 saturated carbocycles. The Bertz CT molecular complexity index is 1230. The molecular formula is C24H24N6O. The molecule has 3 aromatic carbocycles. The highest BCUT2D eigenvalue weighted by Gasteiger charge is 2.17. The van der Waals surface area contributed by atoms with Crippen molar-refractivity contribution in [3.05, 3.63) is 84.2 Å². The van der Waals surface area contributed by atoms with E-state index in [4.69, 9.17) is 5.73 Å². The van der Waals surface area contributed by atoms with Gasteiger partial charge in [-0.25, -0.2) is 9.97 Å². The highest BCUT2D eigenvalue weighted by atomic mass is 16.2. The van der Waals surface area contributed by atoms with Crippen LogP contribution >= 0.6 is 0 Å². The Morgan fingerprint density at radius 3 is 2.61 bits per heavy atom. The molecule has 1 amide bonds. The van der Waals surface area contributed by atoms with Crippen LogP contribution in [0, 0.1) is 6.92 Å². The van der Waals surface area contributed by atoms with Crippen LogP contribution in [-0.4, -0.2) is 22.4 Å². The summed E-state index contributed by atoms with van der Waals surface area (Å²) in [5, 5.41) is 1.87. The zero-order valence-electron chi connectivity index (χ0n) is 17.5. The number of nitrogens with one attached hydrogen (secondary N) is 2. The van der Waals surface area contributed by atoms with Crippen molar-refractivity contribution in [2.75, 3.05) is 22.6 Å². The van der Waals surface area contributed by atoms with E-state index in [-0.39, 0.29) is 5.91 Å². The lowest BCUT2D eigenvalue weighted by Gasteiger charge is -2.24. The lowest BCUT2D eigenvalue weighted by Crippen LogP contribution is -2.31. The number of amides is 1. The second-order valence-corrected chi connectivity index (χ2v) is 7.15. The molecule has 0 radical (unpaired) electrons. The van der Waals surface area contributed by atoms with Gasteiger partial charge in [0.2, 0.25) is 0 Å². The molecule has 0 atom stereocenters. The standard InChI is InChI=1S/C24H24N6O/c1-3-30(18-11-6-8-16(2)14-18)23-21(25)22(26-15-27-23)28-29-24(31)20-13-7-10-17-9-4-5-12-19(17)20/h4-15H,3,25H2,1-2H3,(H,29,31)(H,26,27,28). The molecule has 1 heterocycles. The largest absolute Gasteiger partial charge is 0.393 e. The van der Waals surface area contributed by atoms with Crippen molar-refractivity contribution < 1.29 is 4.79 Å². The van der Waals surface area contributed by atoms with Crippen molar-refractivity contribution in [1.82, 2.24) is 15.4 Å². The minimum absolute atomic E-state index is 0.276. The van der Waals surface area contributed by atoms with Gasteiger partial charge in [-0.15, -0.1) is 0 Å². The van der Waals surface area contributed by atoms with Crippen molar-refractivity contribution in [1.29, 1.82) is 0 Å². The van der Waals surface area contributed by atoms with Crippen LogP contribution < -0.4 is 21.5 Å². The van der Waals surface area contributed by atoms with Crippen LogP contribution in [0.4, 0.5) is 23.0 Å². The van der Waals surface area contributed by atoms with Crippen molar-refractivity contribution in [3.63, 3.8) is 0 Å². The third-order valence-electron chi connectivity index (χ3n) is 5.08. The molecule has 1 aromatic heterocycles. The summed E-state index contributed by atoms with van der Waals surface area (Å²) in [7, 11) is 0. The predicted octanol–water partition coefficient (Wildman–Crippen LogP) is 4.44. The van der Waals surface area contributed by atoms with Gasteiger partial charge >= 0.3 is 0 Å². The number of benzene rings is 3. The number of hydrogen-bond donors (Lipinski definition) is 3. The summed E-state index contributed by atoms with van der Waals surface area (Å²) in [5.41, 5.74) is 15.0. The van der Waals surface area contributed by atoms with Crippen molar-refractivity contribution in [2.45, 2.75) is 13.8 Å². The quantitative estimate of drug-likeness (QED) is 0.405. The second kappa shape index (κ2) is 8.71. The molecule has 156 valence electrons. The molecular weight excluding hydrogens is 388 g/mol. The molecule has 31 heavy (non-hydrogen) atoms. The van der Waals surface area contributed by atoms with E-state index in [1.54, 1.807) is 6.07 Å². The number of aromatic nitrogens is 2. The van der Waals surface area contributed by atoms with Crippen LogP contribution in [0.5, 0.6) is 0 Å². The van der Waals surface area contributed by atoms with E-state index in [0.717, 1.165) is 22.0 Å². The highest BCUT2D eigenvalue weighted by molar-refractivity contribution is 6.07. The molecule has 4 rings (SSSR count). The van der Waals surface area contributed by atoms with Gasteiger partial charge in [0.15, 0.2) is 11.6 Å². The van der Waals surface area contributed by atoms with E-state index in [1.807, 2.05) is 73.3 Å². The number of nitrogens with two attached hydrogens (primary N) is 1. The van der Waals surface area contributed by atoms with Crippen LogP contribution in [0.15, 0.2) is 73.1 Å². The monoisotopic (exact) mass is 412 g/mol. The number of hydrazine groups is 1. The van der Waals surface area contributed by atoms with E-state index in [9.17, 15) is 4.79 Å². The minimum atomic E-state index is -0.276. The Kier molecular flexibility index (Phi) is 5.66. The van der Waals surface area contributed by atoms with Gasteiger partial charge < -0.3 is 10.6 Å². The summed E-state index contributed by atoms with van der Waals surface area (Å²) in [6.45, 7) is 4.74. The fourth-order valence-electron chi connectivity index (χ4n) is 3.56. The van der Waals surface area contributed by atoms with Crippen LogP contribution in [0.2, 0.25) is 0 Å². The van der Waals surface area contributed by atoms with E-state index in [1.165, 1.54) is 6.33 Å². The zero-order chi connectivity index (χ0) is 21.8. The average Bonchev–Trinajstić information content (AvgIpc) is 2.79. The zero-order valence-corrected chi connectivity index (χ0v) is 17.5. The first-order valence-electron chi connectivity index (χ1n) is 10.1. The fraction of sp³-hybridized carbons (Fsp3) is 0.125. The molecule has 7 nitrogen and oxygen atoms in total. The second-order valence-electron chi connectivity index (χ2n) is 7.15. The molecule has 4 N–H and O–H groups in total. The number of carbonyl (C=O) groups excluding carboxylic acids is 1. The van der Waals surface area contributed by atoms with E-state index >= 15 is 0 Å². The van der Waals surface area contributed by atoms with Crippen molar-refractivity contribution in [3.8, 4) is 0 Å². The van der Waals surface area contributed by atoms with Crippen molar-refractivity contribution >= 4 is 39.7 Å². The summed E-state index contributed by atoms with van der Waals surface area (Å²) >= 11 is 0. The minimum Gasteiger partial charge on any atom is -0.393 e. The Labute approximate surface area is 180 Å². The first-order valence-corrected chi connectivity index (χ1v) is 10.1. The number of nitrogen functional groups attached to an aromatic ring is 1. The summed E-state index contributed by atoms with van der Waals surface area (Å²) in [6, 6.07) is 21.5. The third kappa shape index (κ3) is 4.11. The number of rotatable bonds is 6. The van der Waals surface area contributed by atoms with E-state index in [2.05, 4.69) is 26.9 Å². The topological polar surface area (TPSA) is 96.2 Å². The lowest BCUT2D eigenvalue weighted by molar-refractivity contribution is 0.0964. The Morgan fingerprint density at radius 2 is 1.81 bits per heavy atom. The van der Waals surface area contributed by atoms with Gasteiger partial charge in [-0.05, 0) is 48.4 Å². The number of hydrogen-bond acceptors (Lipinski definition) is 6. The molecule has 0 aliphatic carbocycles. The SMILES string of the molecule is CCN(c1cccc(C)c1)c1ncnc(NNC(=O)c2cccc3ccccc23)c1N. The summed E-state index contributed by atoms with van der Waals surface area (Å²) in [6.07, 6.45) is 1.43. The summed E-state index contributed by atoms with van der Waals surface area (Å²) in [4.78, 5) is 23.4. The number of carbonyl (C=O) groups is 1. The lowest BCUT2D eigenvalue weighted by atomic mass is 10.0. The molecule has 0 unspecified atom stereocenters. The van der Waals surface area contributed by atoms with Crippen LogP contribution in [0.3, 0.4) is 0 Å². The number of anilines is 4. The average molecular weight is 412 g/mol. The van der Waals surface area contributed by atoms with Gasteiger partial charge in [0, 0.05) is 17.8 Å². The van der Waals surface area contributed by atoms with Gasteiger partial charge in [-0.2, -0.15) is 0 Å². The Balaban J connectivity index is 1.58. The number of fused-ring (bicyclic) bond motifs is 1. The van der Waals surface area contributed by atoms with E-state index in [0.29, 0.717) is 29.4 Å². The fourth-order valence-corrected chi connectivity index (χ4v) is 3.56. The molecule has 0 bridgehead atoms. The third-order valence-corrected chi connectivity index (χ3v) is 5.08. The summed E-state index contributed by atoms with van der Waals surface area (Å²) in [5.74, 6) is 0.636. The molecule has 0 saturated heterocycles. The maximum Gasteiger partial charge on any atom is 0.270 e. The van der Waals surface area contributed by atoms with Crippen LogP contribution in [0.25, 0.3) is 10.8 Å². The Morgan fingerprint density at radius 1 is 1.03 bits per heavy atom. The first kappa shape index (κ1) is 20.2. The Hall–Kier alpha value is -4.13. The number of nitrogens with zero attached hydrogens (tertiary/aromatic N) is 3. The first-order chi connectivity index (χ1) is 15.1. The number of aryl methyl sites for hydroxylation is 1. The van der Waals surface area contributed by atoms with Crippen LogP contribution in [-0.2, 0) is 0 Å². The molecule has 0 spiro atoms. The van der Waals surface area contributed by atoms with E-state index < -0.39 is 0 Å². The van der Waals surface area contributed by atoms with Crippen molar-refractivity contribution in [2.24, 2.45) is 0 Å². The molecule has 0 fully saturated rings. The smallest absolute Gasteiger partial charge is 0.270 e. The van der Waals surface area contributed by atoms with Gasteiger partial charge in [0.1, 0.15) is 12.0 Å². The van der Waals surface area contributed by atoms with Crippen LogP contribution in [0.1, 0.15) is 22.8 Å². The molecule has 4 aromatic rings. The molecule has 0 aliphatic rings. The van der Waals surface area contributed by atoms with Gasteiger partial charge in [-0.1, -0.05) is 48.5 Å². The highest BCUT2D eigenvalue weighted by Crippen LogP contribution is 2.31. The molecule has 7 heteroatoms. The van der Waals surface area contributed by atoms with Gasteiger partial charge in [-0.3, -0.25) is 15.6 Å².